The summed E-state index contributed by atoms with van der Waals surface area (Å²) in [5.74, 6) is 1.06. The molecular weight excluding hydrogens is 282 g/mol. The molecule has 0 radical (unpaired) electrons. The lowest BCUT2D eigenvalue weighted by Gasteiger charge is -2.20. The first-order chi connectivity index (χ1) is 11.1. The molecule has 3 aromatic rings. The SMILES string of the molecule is Cc1ccc(C)c2c(N)c3c(nc12)N(Cc1ccccc1)CC3. The summed E-state index contributed by atoms with van der Waals surface area (Å²) in [4.78, 5) is 7.35. The van der Waals surface area contributed by atoms with Gasteiger partial charge in [-0.15, -0.1) is 0 Å². The molecule has 1 aliphatic rings. The monoisotopic (exact) mass is 303 g/mol. The molecule has 2 heterocycles. The maximum absolute atomic E-state index is 6.53. The summed E-state index contributed by atoms with van der Waals surface area (Å²) in [6.07, 6.45) is 0.977. The number of fused-ring (bicyclic) bond motifs is 2. The molecule has 0 bridgehead atoms. The third-order valence-corrected chi connectivity index (χ3v) is 4.82. The van der Waals surface area contributed by atoms with Crippen molar-refractivity contribution >= 4 is 22.4 Å². The van der Waals surface area contributed by atoms with Gasteiger partial charge in [-0.2, -0.15) is 0 Å². The Kier molecular flexibility index (Phi) is 3.22. The van der Waals surface area contributed by atoms with Crippen molar-refractivity contribution in [3.05, 3.63) is 64.7 Å². The van der Waals surface area contributed by atoms with Crippen LogP contribution in [0.3, 0.4) is 0 Å². The number of nitrogen functional groups attached to an aromatic ring is 1. The van der Waals surface area contributed by atoms with Gasteiger partial charge in [-0.25, -0.2) is 4.98 Å². The van der Waals surface area contributed by atoms with Crippen molar-refractivity contribution in [1.29, 1.82) is 0 Å². The van der Waals surface area contributed by atoms with Gasteiger partial charge in [0.15, 0.2) is 0 Å². The fourth-order valence-electron chi connectivity index (χ4n) is 3.54. The van der Waals surface area contributed by atoms with Crippen molar-refractivity contribution in [3.8, 4) is 0 Å². The molecule has 3 heteroatoms. The molecule has 3 nitrogen and oxygen atoms in total. The summed E-state index contributed by atoms with van der Waals surface area (Å²) in [7, 11) is 0. The van der Waals surface area contributed by atoms with Gasteiger partial charge in [0.1, 0.15) is 5.82 Å². The molecule has 0 unspecified atom stereocenters. The third-order valence-electron chi connectivity index (χ3n) is 4.82. The molecule has 4 rings (SSSR count). The second-order valence-electron chi connectivity index (χ2n) is 6.41. The van der Waals surface area contributed by atoms with Crippen molar-refractivity contribution in [3.63, 3.8) is 0 Å². The number of anilines is 2. The largest absolute Gasteiger partial charge is 0.398 e. The molecule has 0 saturated carbocycles. The fraction of sp³-hybridized carbons (Fsp3) is 0.250. The van der Waals surface area contributed by atoms with E-state index in [0.717, 1.165) is 41.9 Å². The van der Waals surface area contributed by atoms with Crippen molar-refractivity contribution in [2.45, 2.75) is 26.8 Å². The van der Waals surface area contributed by atoms with Gasteiger partial charge in [-0.05, 0) is 37.0 Å². The van der Waals surface area contributed by atoms with Gasteiger partial charge in [0.2, 0.25) is 0 Å². The van der Waals surface area contributed by atoms with E-state index in [4.69, 9.17) is 10.7 Å². The Morgan fingerprint density at radius 1 is 1.04 bits per heavy atom. The highest BCUT2D eigenvalue weighted by atomic mass is 15.2. The minimum Gasteiger partial charge on any atom is -0.398 e. The van der Waals surface area contributed by atoms with Crippen LogP contribution in [0.1, 0.15) is 22.3 Å². The van der Waals surface area contributed by atoms with E-state index in [1.807, 2.05) is 0 Å². The second-order valence-corrected chi connectivity index (χ2v) is 6.41. The predicted molar refractivity (Wildman–Crippen MR) is 96.8 cm³/mol. The lowest BCUT2D eigenvalue weighted by atomic mass is 10.0. The van der Waals surface area contributed by atoms with Gasteiger partial charge < -0.3 is 10.6 Å². The number of nitrogens with two attached hydrogens (primary N) is 1. The minimum atomic E-state index is 0.886. The lowest BCUT2D eigenvalue weighted by molar-refractivity contribution is 0.827. The smallest absolute Gasteiger partial charge is 0.134 e. The maximum atomic E-state index is 6.53. The Labute approximate surface area is 136 Å². The van der Waals surface area contributed by atoms with Crippen LogP contribution >= 0.6 is 0 Å². The van der Waals surface area contributed by atoms with Gasteiger partial charge in [-0.3, -0.25) is 0 Å². The van der Waals surface area contributed by atoms with Crippen molar-refractivity contribution in [2.24, 2.45) is 0 Å². The number of nitrogens with zero attached hydrogens (tertiary/aromatic N) is 2. The van der Waals surface area contributed by atoms with Gasteiger partial charge in [0.25, 0.3) is 0 Å². The molecule has 1 aromatic heterocycles. The Balaban J connectivity index is 1.84. The van der Waals surface area contributed by atoms with Crippen LogP contribution in [0, 0.1) is 13.8 Å². The van der Waals surface area contributed by atoms with Gasteiger partial charge >= 0.3 is 0 Å². The number of hydrogen-bond acceptors (Lipinski definition) is 3. The molecule has 0 saturated heterocycles. The summed E-state index contributed by atoms with van der Waals surface area (Å²) in [6.45, 7) is 6.09. The van der Waals surface area contributed by atoms with Crippen LogP contribution in [0.15, 0.2) is 42.5 Å². The van der Waals surface area contributed by atoms with Crippen molar-refractivity contribution in [1.82, 2.24) is 4.98 Å². The van der Waals surface area contributed by atoms with E-state index in [2.05, 4.69) is 61.2 Å². The number of aromatic nitrogens is 1. The summed E-state index contributed by atoms with van der Waals surface area (Å²) in [5, 5.41) is 1.13. The van der Waals surface area contributed by atoms with Crippen LogP contribution in [0.2, 0.25) is 0 Å². The molecule has 0 spiro atoms. The van der Waals surface area contributed by atoms with E-state index in [-0.39, 0.29) is 0 Å². The van der Waals surface area contributed by atoms with Crippen LogP contribution in [-0.4, -0.2) is 11.5 Å². The third kappa shape index (κ3) is 2.24. The number of hydrogen-bond donors (Lipinski definition) is 1. The fourth-order valence-corrected chi connectivity index (χ4v) is 3.54. The van der Waals surface area contributed by atoms with E-state index in [0.29, 0.717) is 0 Å². The highest BCUT2D eigenvalue weighted by Gasteiger charge is 2.25. The Bertz CT molecular complexity index is 885. The average molecular weight is 303 g/mol. The molecule has 1 aliphatic heterocycles. The van der Waals surface area contributed by atoms with Gasteiger partial charge in [-0.1, -0.05) is 42.5 Å². The van der Waals surface area contributed by atoms with Gasteiger partial charge in [0, 0.05) is 29.7 Å². The molecule has 2 N–H and O–H groups in total. The second kappa shape index (κ2) is 5.27. The predicted octanol–water partition coefficient (Wildman–Crippen LogP) is 4.00. The van der Waals surface area contributed by atoms with Crippen LogP contribution in [0.5, 0.6) is 0 Å². The summed E-state index contributed by atoms with van der Waals surface area (Å²) >= 11 is 0. The Morgan fingerprint density at radius 3 is 2.57 bits per heavy atom. The zero-order chi connectivity index (χ0) is 16.0. The van der Waals surface area contributed by atoms with E-state index in [1.165, 1.54) is 22.3 Å². The highest BCUT2D eigenvalue weighted by molar-refractivity contribution is 5.98. The zero-order valence-electron chi connectivity index (χ0n) is 13.6. The Morgan fingerprint density at radius 2 is 1.78 bits per heavy atom. The van der Waals surface area contributed by atoms with Crippen LogP contribution in [0.4, 0.5) is 11.5 Å². The number of rotatable bonds is 2. The van der Waals surface area contributed by atoms with Crippen LogP contribution in [0.25, 0.3) is 10.9 Å². The van der Waals surface area contributed by atoms with E-state index >= 15 is 0 Å². The first-order valence-corrected chi connectivity index (χ1v) is 8.12. The normalized spacial score (nSPS) is 13.6. The number of benzene rings is 2. The summed E-state index contributed by atoms with van der Waals surface area (Å²) in [5.41, 5.74) is 13.4. The molecule has 0 atom stereocenters. The highest BCUT2D eigenvalue weighted by Crippen LogP contribution is 2.38. The molecule has 23 heavy (non-hydrogen) atoms. The quantitative estimate of drug-likeness (QED) is 0.778. The minimum absolute atomic E-state index is 0.886. The van der Waals surface area contributed by atoms with E-state index in [1.54, 1.807) is 0 Å². The molecule has 0 fully saturated rings. The van der Waals surface area contributed by atoms with Crippen molar-refractivity contribution < 1.29 is 0 Å². The lowest BCUT2D eigenvalue weighted by Crippen LogP contribution is -2.20. The van der Waals surface area contributed by atoms with Crippen LogP contribution < -0.4 is 10.6 Å². The Hall–Kier alpha value is -2.55. The molecule has 2 aromatic carbocycles. The average Bonchev–Trinajstić information content (AvgIpc) is 2.95. The van der Waals surface area contributed by atoms with Crippen molar-refractivity contribution in [2.75, 3.05) is 17.2 Å². The van der Waals surface area contributed by atoms with Crippen LogP contribution in [-0.2, 0) is 13.0 Å². The maximum Gasteiger partial charge on any atom is 0.134 e. The summed E-state index contributed by atoms with van der Waals surface area (Å²) < 4.78 is 0. The molecule has 116 valence electrons. The van der Waals surface area contributed by atoms with E-state index < -0.39 is 0 Å². The molecular formula is C20H21N3. The zero-order valence-corrected chi connectivity index (χ0v) is 13.6. The number of pyridine rings is 1. The molecule has 0 amide bonds. The summed E-state index contributed by atoms with van der Waals surface area (Å²) in [6, 6.07) is 14.8. The topological polar surface area (TPSA) is 42.1 Å². The first kappa shape index (κ1) is 14.1. The standard InChI is InChI=1S/C20H21N3/c1-13-8-9-14(2)19-17(13)18(21)16-10-11-23(20(16)22-19)12-15-6-4-3-5-7-15/h3-9H,10-12H2,1-2H3,(H2,21,22). The van der Waals surface area contributed by atoms with Gasteiger partial charge in [0.05, 0.1) is 5.52 Å². The molecule has 0 aliphatic carbocycles. The first-order valence-electron chi connectivity index (χ1n) is 8.12. The number of aryl methyl sites for hydroxylation is 2. The van der Waals surface area contributed by atoms with E-state index in [9.17, 15) is 0 Å².